The topological polar surface area (TPSA) is 51.2 Å². The van der Waals surface area contributed by atoms with Crippen LogP contribution in [0, 0.1) is 11.8 Å². The van der Waals surface area contributed by atoms with E-state index in [0.717, 1.165) is 11.7 Å². The molecular formula is C12H20N2O. The zero-order chi connectivity index (χ0) is 10.7. The molecule has 3 nitrogen and oxygen atoms in total. The van der Waals surface area contributed by atoms with Gasteiger partial charge in [-0.05, 0) is 36.8 Å². The first kappa shape index (κ1) is 10.7. The Hall–Kier alpha value is -0.800. The zero-order valence-corrected chi connectivity index (χ0v) is 9.28. The van der Waals surface area contributed by atoms with Gasteiger partial charge in [0.15, 0.2) is 0 Å². The molecule has 1 unspecified atom stereocenters. The molecule has 0 spiro atoms. The van der Waals surface area contributed by atoms with Crippen molar-refractivity contribution in [3.63, 3.8) is 0 Å². The molecule has 0 bridgehead atoms. The van der Waals surface area contributed by atoms with Crippen molar-refractivity contribution in [3.8, 4) is 0 Å². The minimum absolute atomic E-state index is 0.187. The highest BCUT2D eigenvalue weighted by atomic mass is 16.3. The van der Waals surface area contributed by atoms with E-state index in [9.17, 15) is 0 Å². The Morgan fingerprint density at radius 3 is 2.67 bits per heavy atom. The fourth-order valence-corrected chi connectivity index (χ4v) is 2.54. The first-order valence-corrected chi connectivity index (χ1v) is 5.80. The summed E-state index contributed by atoms with van der Waals surface area (Å²) in [7, 11) is 0. The van der Waals surface area contributed by atoms with Gasteiger partial charge < -0.3 is 4.42 Å². The number of furan rings is 1. The highest BCUT2D eigenvalue weighted by molar-refractivity contribution is 5.06. The van der Waals surface area contributed by atoms with Gasteiger partial charge in [-0.25, -0.2) is 5.43 Å². The van der Waals surface area contributed by atoms with E-state index in [1.807, 2.05) is 12.1 Å². The lowest BCUT2D eigenvalue weighted by molar-refractivity contribution is 0.213. The molecule has 1 fully saturated rings. The predicted molar refractivity (Wildman–Crippen MR) is 59.9 cm³/mol. The van der Waals surface area contributed by atoms with Crippen LogP contribution in [-0.2, 0) is 0 Å². The molecular weight excluding hydrogens is 188 g/mol. The van der Waals surface area contributed by atoms with Crippen LogP contribution >= 0.6 is 0 Å². The van der Waals surface area contributed by atoms with E-state index < -0.39 is 0 Å². The molecule has 3 heteroatoms. The maximum Gasteiger partial charge on any atom is 0.122 e. The van der Waals surface area contributed by atoms with Crippen molar-refractivity contribution in [1.82, 2.24) is 5.43 Å². The number of hydrazine groups is 1. The van der Waals surface area contributed by atoms with Crippen LogP contribution in [0.2, 0.25) is 0 Å². The molecule has 1 aliphatic carbocycles. The Bertz CT molecular complexity index is 276. The highest BCUT2D eigenvalue weighted by Gasteiger charge is 2.27. The van der Waals surface area contributed by atoms with Crippen molar-refractivity contribution in [2.75, 3.05) is 0 Å². The first-order valence-electron chi connectivity index (χ1n) is 5.80. The molecule has 0 amide bonds. The van der Waals surface area contributed by atoms with Gasteiger partial charge in [0.05, 0.1) is 12.3 Å². The largest absolute Gasteiger partial charge is 0.468 e. The van der Waals surface area contributed by atoms with Crippen LogP contribution in [0.15, 0.2) is 22.8 Å². The Kier molecular flexibility index (Phi) is 3.44. The van der Waals surface area contributed by atoms with Crippen LogP contribution in [0.25, 0.3) is 0 Å². The van der Waals surface area contributed by atoms with E-state index in [1.54, 1.807) is 6.26 Å². The van der Waals surface area contributed by atoms with E-state index in [2.05, 4.69) is 12.3 Å². The summed E-state index contributed by atoms with van der Waals surface area (Å²) >= 11 is 0. The second-order valence-electron chi connectivity index (χ2n) is 4.68. The molecule has 15 heavy (non-hydrogen) atoms. The van der Waals surface area contributed by atoms with Gasteiger partial charge in [-0.15, -0.1) is 0 Å². The van der Waals surface area contributed by atoms with Gasteiger partial charge in [0.25, 0.3) is 0 Å². The molecule has 1 atom stereocenters. The summed E-state index contributed by atoms with van der Waals surface area (Å²) in [5, 5.41) is 0. The fourth-order valence-electron chi connectivity index (χ4n) is 2.54. The van der Waals surface area contributed by atoms with Gasteiger partial charge in [-0.1, -0.05) is 19.8 Å². The highest BCUT2D eigenvalue weighted by Crippen LogP contribution is 2.36. The lowest BCUT2D eigenvalue weighted by Gasteiger charge is -2.31. The molecule has 84 valence electrons. The van der Waals surface area contributed by atoms with E-state index in [1.165, 1.54) is 25.7 Å². The molecule has 3 N–H and O–H groups in total. The second kappa shape index (κ2) is 4.81. The predicted octanol–water partition coefficient (Wildman–Crippen LogP) is 2.61. The maximum absolute atomic E-state index is 5.62. The van der Waals surface area contributed by atoms with E-state index in [4.69, 9.17) is 10.3 Å². The van der Waals surface area contributed by atoms with Crippen molar-refractivity contribution in [2.24, 2.45) is 17.7 Å². The SMILES string of the molecule is CC1CCC(C(NN)c2ccco2)CC1. The molecule has 0 radical (unpaired) electrons. The molecule has 1 aromatic heterocycles. The monoisotopic (exact) mass is 208 g/mol. The third-order valence-corrected chi connectivity index (χ3v) is 3.56. The minimum Gasteiger partial charge on any atom is -0.468 e. The van der Waals surface area contributed by atoms with Gasteiger partial charge in [0, 0.05) is 0 Å². The summed E-state index contributed by atoms with van der Waals surface area (Å²) in [6.45, 7) is 2.33. The van der Waals surface area contributed by atoms with Crippen molar-refractivity contribution in [3.05, 3.63) is 24.2 Å². The van der Waals surface area contributed by atoms with Gasteiger partial charge in [-0.2, -0.15) is 0 Å². The number of hydrogen-bond donors (Lipinski definition) is 2. The summed E-state index contributed by atoms with van der Waals surface area (Å²) in [6.07, 6.45) is 6.83. The lowest BCUT2D eigenvalue weighted by atomic mass is 9.79. The van der Waals surface area contributed by atoms with Crippen molar-refractivity contribution in [2.45, 2.75) is 38.6 Å². The summed E-state index contributed by atoms with van der Waals surface area (Å²) in [5.41, 5.74) is 2.90. The van der Waals surface area contributed by atoms with Crippen LogP contribution in [0.3, 0.4) is 0 Å². The van der Waals surface area contributed by atoms with Crippen molar-refractivity contribution >= 4 is 0 Å². The third kappa shape index (κ3) is 2.41. The minimum atomic E-state index is 0.187. The third-order valence-electron chi connectivity index (χ3n) is 3.56. The van der Waals surface area contributed by atoms with E-state index in [-0.39, 0.29) is 6.04 Å². The number of rotatable bonds is 3. The summed E-state index contributed by atoms with van der Waals surface area (Å²) in [6, 6.07) is 4.11. The molecule has 1 aliphatic rings. The molecule has 0 aromatic carbocycles. The molecule has 1 aromatic rings. The molecule has 1 saturated carbocycles. The van der Waals surface area contributed by atoms with Crippen LogP contribution in [-0.4, -0.2) is 0 Å². The normalized spacial score (nSPS) is 28.9. The smallest absolute Gasteiger partial charge is 0.122 e. The van der Waals surface area contributed by atoms with Crippen LogP contribution < -0.4 is 11.3 Å². The first-order chi connectivity index (χ1) is 7.31. The quantitative estimate of drug-likeness (QED) is 0.593. The van der Waals surface area contributed by atoms with Gasteiger partial charge in [-0.3, -0.25) is 5.84 Å². The summed E-state index contributed by atoms with van der Waals surface area (Å²) in [5.74, 6) is 8.08. The Labute approximate surface area is 91.0 Å². The fraction of sp³-hybridized carbons (Fsp3) is 0.667. The average Bonchev–Trinajstić information content (AvgIpc) is 2.75. The maximum atomic E-state index is 5.62. The lowest BCUT2D eigenvalue weighted by Crippen LogP contribution is -2.35. The van der Waals surface area contributed by atoms with Crippen LogP contribution in [0.4, 0.5) is 0 Å². The number of nitrogens with one attached hydrogen (secondary N) is 1. The molecule has 1 heterocycles. The van der Waals surface area contributed by atoms with Gasteiger partial charge in [0.1, 0.15) is 5.76 Å². The molecule has 2 rings (SSSR count). The summed E-state index contributed by atoms with van der Waals surface area (Å²) in [4.78, 5) is 0. The number of nitrogens with two attached hydrogens (primary N) is 1. The standard InChI is InChI=1S/C12H20N2O/c1-9-4-6-10(7-5-9)12(14-13)11-3-2-8-15-11/h2-3,8-10,12,14H,4-7,13H2,1H3. The summed E-state index contributed by atoms with van der Waals surface area (Å²) < 4.78 is 5.42. The van der Waals surface area contributed by atoms with Crippen molar-refractivity contribution in [1.29, 1.82) is 0 Å². The van der Waals surface area contributed by atoms with Gasteiger partial charge >= 0.3 is 0 Å². The Morgan fingerprint density at radius 1 is 1.40 bits per heavy atom. The Balaban J connectivity index is 2.01. The average molecular weight is 208 g/mol. The van der Waals surface area contributed by atoms with Crippen molar-refractivity contribution < 1.29 is 4.42 Å². The second-order valence-corrected chi connectivity index (χ2v) is 4.68. The van der Waals surface area contributed by atoms with Crippen LogP contribution in [0.5, 0.6) is 0 Å². The molecule has 0 aliphatic heterocycles. The number of hydrogen-bond acceptors (Lipinski definition) is 3. The zero-order valence-electron chi connectivity index (χ0n) is 9.28. The van der Waals surface area contributed by atoms with E-state index in [0.29, 0.717) is 5.92 Å². The van der Waals surface area contributed by atoms with E-state index >= 15 is 0 Å². The van der Waals surface area contributed by atoms with Gasteiger partial charge in [0.2, 0.25) is 0 Å². The molecule has 0 saturated heterocycles. The van der Waals surface area contributed by atoms with Crippen LogP contribution in [0.1, 0.15) is 44.4 Å². The Morgan fingerprint density at radius 2 is 2.13 bits per heavy atom.